The summed E-state index contributed by atoms with van der Waals surface area (Å²) in [7, 11) is 2.97. The van der Waals surface area contributed by atoms with Crippen molar-refractivity contribution in [3.8, 4) is 0 Å². The summed E-state index contributed by atoms with van der Waals surface area (Å²) in [6.07, 6.45) is 21.1. The summed E-state index contributed by atoms with van der Waals surface area (Å²) >= 11 is 0. The van der Waals surface area contributed by atoms with Crippen molar-refractivity contribution in [2.45, 2.75) is 115 Å². The minimum absolute atomic E-state index is 0. The van der Waals surface area contributed by atoms with Crippen LogP contribution in [0.2, 0.25) is 0 Å². The molecule has 15 fully saturated rings. The van der Waals surface area contributed by atoms with Gasteiger partial charge in [-0.15, -0.1) is 0 Å². The topological polar surface area (TPSA) is 88.4 Å². The molecule has 15 aliphatic rings. The van der Waals surface area contributed by atoms with Crippen LogP contribution in [-0.4, -0.2) is 56.4 Å². The van der Waals surface area contributed by atoms with E-state index in [1.807, 2.05) is 0 Å². The van der Waals surface area contributed by atoms with Gasteiger partial charge in [0.05, 0.1) is 0 Å². The Kier molecular flexibility index (Phi) is 14.6. The standard InChI is InChI=1S/C46H64B3O6.6Li/c50-47-53-26-13-12-25-24-11-10-23-20-3-1-2-17-14-18-5-4-16-6-8-21-22-9-7-19-15-27(54-48-51)38-40-31(19)33(22)42-41-32(21)29(16)30(18)39(28(17)20)43(41)34(23)35(24)44(42)45(40)36(25)37(26)46(38)55-49-52;;;;;;/h16-46,50-52H,1-15H2;;;;;;/q-3;6*+1. The third kappa shape index (κ3) is 6.04. The third-order valence-corrected chi connectivity index (χ3v) is 24.5. The van der Waals surface area contributed by atoms with Crippen LogP contribution in [0.3, 0.4) is 0 Å². The first-order valence-electron chi connectivity index (χ1n) is 24.6. The summed E-state index contributed by atoms with van der Waals surface area (Å²) in [5.41, 5.74) is 0. The molecule has 0 bridgehead atoms. The molecule has 6 nitrogen and oxygen atoms in total. The van der Waals surface area contributed by atoms with Crippen LogP contribution >= 0.6 is 0 Å². The van der Waals surface area contributed by atoms with Crippen molar-refractivity contribution in [1.82, 2.24) is 0 Å². The maximum absolute atomic E-state index is 10.6. The van der Waals surface area contributed by atoms with E-state index in [0.717, 1.165) is 160 Å². The van der Waals surface area contributed by atoms with Gasteiger partial charge in [0.25, 0.3) is 0 Å². The molecule has 3 N–H and O–H groups in total. The van der Waals surface area contributed by atoms with Crippen LogP contribution in [0.1, 0.15) is 96.3 Å². The molecule has 0 amide bonds. The van der Waals surface area contributed by atoms with Crippen molar-refractivity contribution in [3.05, 3.63) is 0 Å². The Balaban J connectivity index is 0.000000793. The molecular weight excluding hydrogens is 723 g/mol. The van der Waals surface area contributed by atoms with E-state index in [2.05, 4.69) is 0 Å². The van der Waals surface area contributed by atoms with E-state index >= 15 is 0 Å². The molecule has 0 spiro atoms. The van der Waals surface area contributed by atoms with E-state index in [4.69, 9.17) is 14.0 Å². The van der Waals surface area contributed by atoms with E-state index in [-0.39, 0.29) is 143 Å². The summed E-state index contributed by atoms with van der Waals surface area (Å²) < 4.78 is 19.3. The van der Waals surface area contributed by atoms with Gasteiger partial charge in [0.15, 0.2) is 0 Å². The summed E-state index contributed by atoms with van der Waals surface area (Å²) in [4.78, 5) is 0. The zero-order valence-electron chi connectivity index (χ0n) is 38.8. The molecule has 15 aliphatic carbocycles. The molecule has 296 valence electrons. The molecule has 31 atom stereocenters. The fraction of sp³-hybridized carbons (Fsp3) is 1.00. The van der Waals surface area contributed by atoms with Crippen molar-refractivity contribution in [2.75, 3.05) is 0 Å². The first kappa shape index (κ1) is 49.5. The first-order valence-corrected chi connectivity index (χ1v) is 24.6. The SMILES string of the molecule is O[B-]OC1CCC2C3CCC4C5CCCC6CC7CCC8CCC9C%10CCC%11CC(O[B-]O)C%12C(O[B-]O)C1C2C1C%12C%11C%10C2C%10C9C8C7C(C65)C%10C4C3C12.[Li+].[Li+].[Li+].[Li+].[Li+].[Li+]. The van der Waals surface area contributed by atoms with Gasteiger partial charge in [0, 0.05) is 30.1 Å². The Morgan fingerprint density at radius 3 is 1.25 bits per heavy atom. The van der Waals surface area contributed by atoms with Crippen molar-refractivity contribution < 1.29 is 142 Å². The normalized spacial score (nSPS) is 62.1. The van der Waals surface area contributed by atoms with Crippen LogP contribution in [0.4, 0.5) is 0 Å². The van der Waals surface area contributed by atoms with Crippen molar-refractivity contribution in [1.29, 1.82) is 0 Å². The van der Waals surface area contributed by atoms with Crippen molar-refractivity contribution >= 4 is 23.1 Å². The van der Waals surface area contributed by atoms with E-state index in [1.54, 1.807) is 44.9 Å². The fourth-order valence-electron chi connectivity index (χ4n) is 25.2. The number of hydrogen-bond donors (Lipinski definition) is 3. The first-order chi connectivity index (χ1) is 27.2. The monoisotopic (exact) mass is 788 g/mol. The van der Waals surface area contributed by atoms with E-state index in [1.165, 1.54) is 38.5 Å². The maximum Gasteiger partial charge on any atom is 1.00 e. The molecule has 0 saturated heterocycles. The Labute approximate surface area is 441 Å². The smallest absolute Gasteiger partial charge is 0.639 e. The van der Waals surface area contributed by atoms with Crippen LogP contribution in [0.15, 0.2) is 0 Å². The zero-order chi connectivity index (χ0) is 35.7. The van der Waals surface area contributed by atoms with Crippen LogP contribution < -0.4 is 113 Å². The zero-order valence-corrected chi connectivity index (χ0v) is 38.8. The Hall–Kier alpha value is 3.54. The molecule has 0 aromatic rings. The average Bonchev–Trinajstić information content (AvgIpc) is 3.21. The molecule has 15 saturated carbocycles. The third-order valence-electron chi connectivity index (χ3n) is 24.5. The molecule has 0 heterocycles. The largest absolute Gasteiger partial charge is 1.00 e. The summed E-state index contributed by atoms with van der Waals surface area (Å²) in [6, 6.07) is 0. The maximum atomic E-state index is 10.6. The van der Waals surface area contributed by atoms with Crippen LogP contribution in [-0.2, 0) is 14.0 Å². The fourth-order valence-corrected chi connectivity index (χ4v) is 25.2. The predicted octanol–water partition coefficient (Wildman–Crippen LogP) is -11.9. The minimum Gasteiger partial charge on any atom is -0.639 e. The molecule has 6 radical (unpaired) electrons. The molecule has 0 aromatic heterocycles. The van der Waals surface area contributed by atoms with Crippen LogP contribution in [0, 0.1) is 166 Å². The second-order valence-electron chi connectivity index (χ2n) is 24.0. The van der Waals surface area contributed by atoms with E-state index in [9.17, 15) is 15.1 Å². The van der Waals surface area contributed by atoms with Crippen LogP contribution in [0.5, 0.6) is 0 Å². The van der Waals surface area contributed by atoms with Gasteiger partial charge in [-0.3, -0.25) is 0 Å². The molecule has 15 heteroatoms. The van der Waals surface area contributed by atoms with Gasteiger partial charge in [-0.05, 0) is 260 Å². The van der Waals surface area contributed by atoms with Gasteiger partial charge in [-0.2, -0.15) is 0 Å². The molecular formula is C46H64B3Li6O6+3. The van der Waals surface area contributed by atoms with Gasteiger partial charge < -0.3 is 29.0 Å². The molecule has 31 unspecified atom stereocenters. The van der Waals surface area contributed by atoms with Gasteiger partial charge in [-0.25, -0.2) is 0 Å². The molecule has 15 rings (SSSR count). The van der Waals surface area contributed by atoms with Gasteiger partial charge in [-0.1, -0.05) is 12.8 Å². The number of hydrogen-bond acceptors (Lipinski definition) is 6. The number of fused-ring (bicyclic) bond motifs is 3. The van der Waals surface area contributed by atoms with Crippen molar-refractivity contribution in [3.63, 3.8) is 0 Å². The Bertz CT molecular complexity index is 1630. The Morgan fingerprint density at radius 1 is 0.279 bits per heavy atom. The van der Waals surface area contributed by atoms with Crippen molar-refractivity contribution in [2.24, 2.45) is 166 Å². The second-order valence-corrected chi connectivity index (χ2v) is 24.0. The summed E-state index contributed by atoms with van der Waals surface area (Å²) in [5, 5.41) is 31.2. The van der Waals surface area contributed by atoms with Gasteiger partial charge in [0.1, 0.15) is 0 Å². The Morgan fingerprint density at radius 2 is 0.639 bits per heavy atom. The van der Waals surface area contributed by atoms with Crippen LogP contribution in [0.25, 0.3) is 0 Å². The average molecular weight is 787 g/mol. The quantitative estimate of drug-likeness (QED) is 0.232. The molecule has 0 aromatic carbocycles. The van der Waals surface area contributed by atoms with E-state index in [0.29, 0.717) is 29.6 Å². The minimum atomic E-state index is -0.214. The van der Waals surface area contributed by atoms with Gasteiger partial charge >= 0.3 is 113 Å². The summed E-state index contributed by atoms with van der Waals surface area (Å²) in [5.74, 6) is 23.8. The predicted molar refractivity (Wildman–Crippen MR) is 206 cm³/mol. The second kappa shape index (κ2) is 18.0. The molecule has 61 heavy (non-hydrogen) atoms. The van der Waals surface area contributed by atoms with E-state index < -0.39 is 0 Å². The molecule has 0 aliphatic heterocycles. The van der Waals surface area contributed by atoms with Gasteiger partial charge in [0.2, 0.25) is 0 Å². The number of rotatable bonds is 6. The summed E-state index contributed by atoms with van der Waals surface area (Å²) in [6.45, 7) is 0.